The van der Waals surface area contributed by atoms with E-state index in [0.29, 0.717) is 11.1 Å². The molecule has 0 heterocycles. The van der Waals surface area contributed by atoms with E-state index in [1.807, 2.05) is 6.07 Å². The van der Waals surface area contributed by atoms with Crippen LogP contribution in [0.1, 0.15) is 49.9 Å². The second kappa shape index (κ2) is 9.17. The van der Waals surface area contributed by atoms with Crippen molar-refractivity contribution in [3.8, 4) is 6.07 Å². The first-order valence-corrected chi connectivity index (χ1v) is 9.91. The smallest absolute Gasteiger partial charge is 0.270 e. The lowest BCUT2D eigenvalue weighted by Crippen LogP contribution is -2.18. The maximum Gasteiger partial charge on any atom is 0.270 e. The first-order valence-electron chi connectivity index (χ1n) is 9.91. The van der Waals surface area contributed by atoms with Gasteiger partial charge in [-0.15, -0.1) is 0 Å². The zero-order chi connectivity index (χ0) is 24.3. The van der Waals surface area contributed by atoms with Crippen LogP contribution in [0.25, 0.3) is 0 Å². The molecule has 2 N–H and O–H groups in total. The number of nitrogens with one attached hydrogen (secondary N) is 2. The van der Waals surface area contributed by atoms with Crippen LogP contribution in [-0.4, -0.2) is 11.8 Å². The highest BCUT2D eigenvalue weighted by molar-refractivity contribution is 6.08. The van der Waals surface area contributed by atoms with Crippen LogP contribution in [0.4, 0.5) is 24.5 Å². The van der Waals surface area contributed by atoms with Crippen molar-refractivity contribution in [2.75, 3.05) is 10.6 Å². The number of nitrogens with zero attached hydrogens (tertiary/aromatic N) is 1. The van der Waals surface area contributed by atoms with Gasteiger partial charge in [0.05, 0.1) is 11.3 Å². The molecule has 0 atom stereocenters. The van der Waals surface area contributed by atoms with Gasteiger partial charge in [0.2, 0.25) is 0 Å². The van der Waals surface area contributed by atoms with Gasteiger partial charge < -0.3 is 10.6 Å². The van der Waals surface area contributed by atoms with Crippen LogP contribution in [0, 0.1) is 31.0 Å². The molecule has 0 bridgehead atoms. The number of hydrogen-bond donors (Lipinski definition) is 2. The summed E-state index contributed by atoms with van der Waals surface area (Å²) in [6.45, 7) is 3.94. The molecule has 0 aliphatic rings. The van der Waals surface area contributed by atoms with Crippen LogP contribution in [0.2, 0.25) is 0 Å². The number of carbonyl (C=O) groups is 2. The van der Waals surface area contributed by atoms with Gasteiger partial charge in [-0.3, -0.25) is 9.59 Å². The quantitative estimate of drug-likeness (QED) is 0.504. The molecule has 2 amide bonds. The van der Waals surface area contributed by atoms with Crippen molar-refractivity contribution in [1.29, 1.82) is 5.26 Å². The van der Waals surface area contributed by atoms with E-state index >= 15 is 0 Å². The number of aryl methyl sites for hydroxylation is 2. The van der Waals surface area contributed by atoms with E-state index in [9.17, 15) is 28.0 Å². The molecule has 8 heteroatoms. The summed E-state index contributed by atoms with van der Waals surface area (Å²) >= 11 is 0. The second-order valence-electron chi connectivity index (χ2n) is 7.66. The summed E-state index contributed by atoms with van der Waals surface area (Å²) in [5, 5.41) is 14.6. The number of benzene rings is 3. The van der Waals surface area contributed by atoms with Gasteiger partial charge in [0.1, 0.15) is 11.9 Å². The summed E-state index contributed by atoms with van der Waals surface area (Å²) in [4.78, 5) is 25.3. The van der Waals surface area contributed by atoms with Gasteiger partial charge in [-0.2, -0.15) is 5.26 Å². The Morgan fingerprint density at radius 3 is 2.06 bits per heavy atom. The van der Waals surface area contributed by atoms with Gasteiger partial charge in [-0.25, -0.2) is 13.2 Å². The predicted molar refractivity (Wildman–Crippen MR) is 119 cm³/mol. The lowest BCUT2D eigenvalue weighted by molar-refractivity contribution is 0.0173. The summed E-state index contributed by atoms with van der Waals surface area (Å²) in [6, 6.07) is 13.7. The van der Waals surface area contributed by atoms with Crippen LogP contribution in [-0.2, 0) is 5.92 Å². The average Bonchev–Trinajstić information content (AvgIpc) is 2.73. The Labute approximate surface area is 188 Å². The highest BCUT2D eigenvalue weighted by atomic mass is 19.3. The summed E-state index contributed by atoms with van der Waals surface area (Å²) in [6.07, 6.45) is 0. The molecule has 5 nitrogen and oxygen atoms in total. The molecule has 0 aliphatic heterocycles. The van der Waals surface area contributed by atoms with Crippen molar-refractivity contribution in [3.63, 3.8) is 0 Å². The van der Waals surface area contributed by atoms with E-state index in [4.69, 9.17) is 0 Å². The Morgan fingerprint density at radius 2 is 1.52 bits per heavy atom. The first-order chi connectivity index (χ1) is 15.5. The van der Waals surface area contributed by atoms with E-state index in [0.717, 1.165) is 19.1 Å². The Morgan fingerprint density at radius 1 is 0.909 bits per heavy atom. The number of amides is 2. The van der Waals surface area contributed by atoms with Crippen LogP contribution in [0.15, 0.2) is 54.6 Å². The number of alkyl halides is 2. The van der Waals surface area contributed by atoms with E-state index in [-0.39, 0.29) is 33.6 Å². The van der Waals surface area contributed by atoms with Crippen molar-refractivity contribution >= 4 is 23.2 Å². The van der Waals surface area contributed by atoms with Gasteiger partial charge in [-0.05, 0) is 79.6 Å². The Bertz CT molecular complexity index is 1250. The molecule has 0 radical (unpaired) electrons. The standard InChI is InChI=1S/C25H20F3N3O2/c1-14-10-18(25(3,27)28)11-15(2)22(14)24(33)30-20-9-6-17(13-29)21(12-20)31-23(32)16-4-7-19(26)8-5-16/h4-12H,1-3H3,(H,30,33)(H,31,32). The third kappa shape index (κ3) is 5.39. The number of anilines is 2. The summed E-state index contributed by atoms with van der Waals surface area (Å²) in [7, 11) is 0. The van der Waals surface area contributed by atoms with Crippen molar-refractivity contribution in [2.45, 2.75) is 26.7 Å². The molecule has 0 saturated carbocycles. The average molecular weight is 451 g/mol. The van der Waals surface area contributed by atoms with Gasteiger partial charge in [0.25, 0.3) is 17.7 Å². The van der Waals surface area contributed by atoms with Gasteiger partial charge in [0.15, 0.2) is 0 Å². The molecule has 3 aromatic carbocycles. The summed E-state index contributed by atoms with van der Waals surface area (Å²) in [5.74, 6) is -4.60. The van der Waals surface area contributed by atoms with Gasteiger partial charge in [-0.1, -0.05) is 0 Å². The molecule has 0 aliphatic carbocycles. The fourth-order valence-electron chi connectivity index (χ4n) is 3.39. The molecule has 0 unspecified atom stereocenters. The Balaban J connectivity index is 1.86. The highest BCUT2D eigenvalue weighted by Gasteiger charge is 2.26. The topological polar surface area (TPSA) is 82.0 Å². The minimum atomic E-state index is -3.03. The second-order valence-corrected chi connectivity index (χ2v) is 7.66. The zero-order valence-corrected chi connectivity index (χ0v) is 18.1. The molecule has 168 valence electrons. The monoisotopic (exact) mass is 451 g/mol. The minimum Gasteiger partial charge on any atom is -0.322 e. The molecular weight excluding hydrogens is 431 g/mol. The van der Waals surface area contributed by atoms with Gasteiger partial charge >= 0.3 is 0 Å². The Kier molecular flexibility index (Phi) is 6.54. The van der Waals surface area contributed by atoms with Crippen molar-refractivity contribution in [2.24, 2.45) is 0 Å². The summed E-state index contributed by atoms with van der Waals surface area (Å²) < 4.78 is 40.4. The van der Waals surface area contributed by atoms with Gasteiger partial charge in [0, 0.05) is 29.3 Å². The van der Waals surface area contributed by atoms with Crippen molar-refractivity contribution in [1.82, 2.24) is 0 Å². The van der Waals surface area contributed by atoms with E-state index < -0.39 is 23.6 Å². The number of halogens is 3. The number of rotatable bonds is 5. The fourth-order valence-corrected chi connectivity index (χ4v) is 3.39. The molecule has 0 aromatic heterocycles. The maximum atomic E-state index is 13.7. The molecule has 33 heavy (non-hydrogen) atoms. The maximum absolute atomic E-state index is 13.7. The molecule has 0 saturated heterocycles. The van der Waals surface area contributed by atoms with Crippen LogP contribution < -0.4 is 10.6 Å². The molecule has 0 spiro atoms. The zero-order valence-electron chi connectivity index (χ0n) is 18.1. The number of carbonyl (C=O) groups excluding carboxylic acids is 2. The minimum absolute atomic E-state index is 0.152. The summed E-state index contributed by atoms with van der Waals surface area (Å²) in [5.41, 5.74) is 1.64. The normalized spacial score (nSPS) is 10.9. The van der Waals surface area contributed by atoms with Crippen molar-refractivity contribution in [3.05, 3.63) is 93.8 Å². The molecular formula is C25H20F3N3O2. The first kappa shape index (κ1) is 23.5. The lowest BCUT2D eigenvalue weighted by Gasteiger charge is -2.17. The SMILES string of the molecule is Cc1cc(C(C)(F)F)cc(C)c1C(=O)Nc1ccc(C#N)c(NC(=O)c2ccc(F)cc2)c1. The largest absolute Gasteiger partial charge is 0.322 e. The third-order valence-electron chi connectivity index (χ3n) is 5.02. The van der Waals surface area contributed by atoms with E-state index in [1.165, 1.54) is 42.5 Å². The molecule has 0 fully saturated rings. The molecule has 3 rings (SSSR count). The van der Waals surface area contributed by atoms with Crippen LogP contribution in [0.3, 0.4) is 0 Å². The predicted octanol–water partition coefficient (Wildman–Crippen LogP) is 5.93. The number of hydrogen-bond acceptors (Lipinski definition) is 3. The highest BCUT2D eigenvalue weighted by Crippen LogP contribution is 2.31. The number of nitriles is 1. The van der Waals surface area contributed by atoms with Crippen molar-refractivity contribution < 1.29 is 22.8 Å². The molecule has 3 aromatic rings. The van der Waals surface area contributed by atoms with Crippen LogP contribution >= 0.6 is 0 Å². The van der Waals surface area contributed by atoms with E-state index in [2.05, 4.69) is 10.6 Å². The third-order valence-corrected chi connectivity index (χ3v) is 5.02. The lowest BCUT2D eigenvalue weighted by atomic mass is 9.96. The van der Waals surface area contributed by atoms with Crippen LogP contribution in [0.5, 0.6) is 0 Å². The van der Waals surface area contributed by atoms with E-state index in [1.54, 1.807) is 13.8 Å². The fraction of sp³-hybridized carbons (Fsp3) is 0.160. The Hall–Kier alpha value is -4.12.